The number of anilines is 1. The Labute approximate surface area is 280 Å². The van der Waals surface area contributed by atoms with Crippen LogP contribution in [0.1, 0.15) is 30.5 Å². The molecule has 4 aromatic rings. The fourth-order valence-electron chi connectivity index (χ4n) is 4.88. The minimum atomic E-state index is -4.23. The van der Waals surface area contributed by atoms with Gasteiger partial charge in [0.15, 0.2) is 0 Å². The summed E-state index contributed by atoms with van der Waals surface area (Å²) < 4.78 is 34.6. The topological polar surface area (TPSA) is 96.0 Å². The Balaban J connectivity index is 1.82. The van der Waals surface area contributed by atoms with Gasteiger partial charge in [-0.2, -0.15) is 0 Å². The molecule has 4 rings (SSSR count). The lowest BCUT2D eigenvalue weighted by Crippen LogP contribution is -2.54. The van der Waals surface area contributed by atoms with E-state index < -0.39 is 28.5 Å². The monoisotopic (exact) mass is 681 g/mol. The van der Waals surface area contributed by atoms with Gasteiger partial charge in [-0.15, -0.1) is 0 Å². The number of nitrogens with one attached hydrogen (secondary N) is 1. The number of carbonyl (C=O) groups is 2. The van der Waals surface area contributed by atoms with E-state index in [2.05, 4.69) is 5.32 Å². The molecular weight excluding hydrogens is 645 g/mol. The largest absolute Gasteiger partial charge is 0.497 e. The third-order valence-electron chi connectivity index (χ3n) is 7.31. The molecule has 0 aromatic heterocycles. The zero-order chi connectivity index (χ0) is 33.4. The first-order valence-electron chi connectivity index (χ1n) is 14.7. The van der Waals surface area contributed by atoms with Crippen molar-refractivity contribution in [2.24, 2.45) is 0 Å². The minimum Gasteiger partial charge on any atom is -0.497 e. The molecule has 0 heterocycles. The lowest BCUT2D eigenvalue weighted by molar-refractivity contribution is -0.140. The maximum Gasteiger partial charge on any atom is 0.264 e. The highest BCUT2D eigenvalue weighted by molar-refractivity contribution is 7.92. The van der Waals surface area contributed by atoms with Gasteiger partial charge in [-0.25, -0.2) is 8.42 Å². The van der Waals surface area contributed by atoms with Crippen LogP contribution in [-0.4, -0.2) is 50.9 Å². The highest BCUT2D eigenvalue weighted by Gasteiger charge is 2.35. The second-order valence-electron chi connectivity index (χ2n) is 11.1. The van der Waals surface area contributed by atoms with Gasteiger partial charge in [0.1, 0.15) is 18.3 Å². The van der Waals surface area contributed by atoms with Crippen LogP contribution in [-0.2, 0) is 32.6 Å². The van der Waals surface area contributed by atoms with Crippen LogP contribution in [0.25, 0.3) is 0 Å². The molecule has 0 bridgehead atoms. The molecule has 2 amide bonds. The van der Waals surface area contributed by atoms with Gasteiger partial charge in [0, 0.05) is 29.1 Å². The third-order valence-corrected chi connectivity index (χ3v) is 9.68. The minimum absolute atomic E-state index is 0.0207. The highest BCUT2D eigenvalue weighted by atomic mass is 35.5. The number of hydrogen-bond donors (Lipinski definition) is 1. The van der Waals surface area contributed by atoms with Crippen LogP contribution in [0.15, 0.2) is 102 Å². The number of aryl methyl sites for hydroxylation is 1. The number of benzene rings is 4. The van der Waals surface area contributed by atoms with Crippen molar-refractivity contribution in [3.63, 3.8) is 0 Å². The summed E-state index contributed by atoms with van der Waals surface area (Å²) in [6.07, 6.45) is 0.184. The zero-order valence-corrected chi connectivity index (χ0v) is 28.4. The number of ether oxygens (including phenoxy) is 1. The first-order chi connectivity index (χ1) is 21.9. The number of carbonyl (C=O) groups excluding carboxylic acids is 2. The van der Waals surface area contributed by atoms with Gasteiger partial charge < -0.3 is 15.0 Å². The Morgan fingerprint density at radius 3 is 2.13 bits per heavy atom. The average molecular weight is 683 g/mol. The van der Waals surface area contributed by atoms with Gasteiger partial charge in [-0.05, 0) is 80.4 Å². The lowest BCUT2D eigenvalue weighted by Gasteiger charge is -2.34. The SMILES string of the molecule is COc1ccc(N(CC(=O)N(Cc2ccc(Cl)cc2Cl)[C@H](Cc2ccccc2)C(=O)NC(C)C)S(=O)(=O)c2ccc(C)cc2)cc1. The molecular formula is C35H37Cl2N3O5S. The van der Waals surface area contributed by atoms with Crippen molar-refractivity contribution in [3.05, 3.63) is 124 Å². The van der Waals surface area contributed by atoms with Crippen molar-refractivity contribution in [3.8, 4) is 5.75 Å². The standard InChI is InChI=1S/C35H37Cl2N3O5S/c1-24(2)38-35(42)33(20-26-8-6-5-7-9-26)39(22-27-12-13-28(36)21-32(27)37)34(41)23-40(29-14-16-30(45-4)17-15-29)46(43,44)31-18-10-25(3)11-19-31/h5-19,21,24,33H,20,22-23H2,1-4H3,(H,38,42)/t33-/m1/s1. The zero-order valence-electron chi connectivity index (χ0n) is 26.1. The Morgan fingerprint density at radius 1 is 0.891 bits per heavy atom. The Hall–Kier alpha value is -4.05. The van der Waals surface area contributed by atoms with Gasteiger partial charge in [-0.1, -0.05) is 77.3 Å². The smallest absolute Gasteiger partial charge is 0.264 e. The molecule has 1 atom stereocenters. The van der Waals surface area contributed by atoms with Crippen molar-refractivity contribution >= 4 is 50.7 Å². The van der Waals surface area contributed by atoms with E-state index in [0.29, 0.717) is 21.4 Å². The van der Waals surface area contributed by atoms with Crippen molar-refractivity contribution in [1.29, 1.82) is 0 Å². The molecule has 0 saturated carbocycles. The number of methoxy groups -OCH3 is 1. The number of rotatable bonds is 13. The number of hydrogen-bond acceptors (Lipinski definition) is 5. The van der Waals surface area contributed by atoms with Gasteiger partial charge in [0.05, 0.1) is 17.7 Å². The number of halogens is 2. The summed E-state index contributed by atoms with van der Waals surface area (Å²) in [7, 11) is -2.72. The molecule has 0 spiro atoms. The van der Waals surface area contributed by atoms with E-state index in [1.165, 1.54) is 24.1 Å². The van der Waals surface area contributed by atoms with Gasteiger partial charge in [-0.3, -0.25) is 13.9 Å². The van der Waals surface area contributed by atoms with Crippen LogP contribution in [0.5, 0.6) is 5.75 Å². The van der Waals surface area contributed by atoms with E-state index in [-0.39, 0.29) is 35.5 Å². The van der Waals surface area contributed by atoms with Crippen LogP contribution in [0.3, 0.4) is 0 Å². The molecule has 0 saturated heterocycles. The fraction of sp³-hybridized carbons (Fsp3) is 0.257. The number of nitrogens with zero attached hydrogens (tertiary/aromatic N) is 2. The summed E-state index contributed by atoms with van der Waals surface area (Å²) >= 11 is 12.7. The van der Waals surface area contributed by atoms with E-state index in [1.54, 1.807) is 54.6 Å². The summed E-state index contributed by atoms with van der Waals surface area (Å²) in [6, 6.07) is 25.8. The molecule has 0 aliphatic rings. The predicted molar refractivity (Wildman–Crippen MR) is 183 cm³/mol. The summed E-state index contributed by atoms with van der Waals surface area (Å²) in [4.78, 5) is 29.7. The van der Waals surface area contributed by atoms with Crippen LogP contribution in [0.2, 0.25) is 10.0 Å². The second-order valence-corrected chi connectivity index (χ2v) is 13.9. The molecule has 0 fully saturated rings. The maximum atomic E-state index is 14.5. The van der Waals surface area contributed by atoms with E-state index in [9.17, 15) is 18.0 Å². The van der Waals surface area contributed by atoms with Crippen molar-refractivity contribution in [1.82, 2.24) is 10.2 Å². The molecule has 1 N–H and O–H groups in total. The predicted octanol–water partition coefficient (Wildman–Crippen LogP) is 6.67. The summed E-state index contributed by atoms with van der Waals surface area (Å²) in [5.74, 6) is -0.456. The molecule has 0 aliphatic carbocycles. The van der Waals surface area contributed by atoms with Crippen LogP contribution >= 0.6 is 23.2 Å². The Kier molecular flexibility index (Phi) is 11.7. The molecule has 0 unspecified atom stereocenters. The van der Waals surface area contributed by atoms with E-state index in [4.69, 9.17) is 27.9 Å². The van der Waals surface area contributed by atoms with Gasteiger partial charge in [0.2, 0.25) is 11.8 Å². The quantitative estimate of drug-likeness (QED) is 0.170. The summed E-state index contributed by atoms with van der Waals surface area (Å²) in [5.41, 5.74) is 2.51. The first-order valence-corrected chi connectivity index (χ1v) is 16.9. The maximum absolute atomic E-state index is 14.5. The van der Waals surface area contributed by atoms with Crippen LogP contribution in [0, 0.1) is 6.92 Å². The van der Waals surface area contributed by atoms with E-state index >= 15 is 0 Å². The molecule has 46 heavy (non-hydrogen) atoms. The van der Waals surface area contributed by atoms with E-state index in [1.807, 2.05) is 51.1 Å². The molecule has 242 valence electrons. The summed E-state index contributed by atoms with van der Waals surface area (Å²) in [6.45, 7) is 4.86. The molecule has 11 heteroatoms. The highest BCUT2D eigenvalue weighted by Crippen LogP contribution is 2.28. The van der Waals surface area contributed by atoms with Crippen LogP contribution in [0.4, 0.5) is 5.69 Å². The molecule has 0 radical (unpaired) electrons. The Bertz CT molecular complexity index is 1750. The van der Waals surface area contributed by atoms with Gasteiger partial charge >= 0.3 is 0 Å². The molecule has 4 aromatic carbocycles. The second kappa shape index (κ2) is 15.5. The molecule has 0 aliphatic heterocycles. The third kappa shape index (κ3) is 8.81. The molecule has 8 nitrogen and oxygen atoms in total. The summed E-state index contributed by atoms with van der Waals surface area (Å²) in [5, 5.41) is 3.66. The van der Waals surface area contributed by atoms with Crippen LogP contribution < -0.4 is 14.4 Å². The van der Waals surface area contributed by atoms with E-state index in [0.717, 1.165) is 15.4 Å². The van der Waals surface area contributed by atoms with Crippen molar-refractivity contribution in [2.75, 3.05) is 18.0 Å². The average Bonchev–Trinajstić information content (AvgIpc) is 3.02. The lowest BCUT2D eigenvalue weighted by atomic mass is 10.0. The Morgan fingerprint density at radius 2 is 1.54 bits per heavy atom. The fourth-order valence-corrected chi connectivity index (χ4v) is 6.77. The normalized spacial score (nSPS) is 12.0. The van der Waals surface area contributed by atoms with Gasteiger partial charge in [0.25, 0.3) is 10.0 Å². The first kappa shape index (κ1) is 34.8. The van der Waals surface area contributed by atoms with Crippen molar-refractivity contribution in [2.45, 2.75) is 50.7 Å². The number of amides is 2. The van der Waals surface area contributed by atoms with Crippen molar-refractivity contribution < 1.29 is 22.7 Å². The number of sulfonamides is 1.